The highest BCUT2D eigenvalue weighted by molar-refractivity contribution is 9.10. The number of benzene rings is 1. The molecule has 0 aliphatic carbocycles. The fourth-order valence-corrected chi connectivity index (χ4v) is 2.67. The summed E-state index contributed by atoms with van der Waals surface area (Å²) in [6, 6.07) is 7.84. The average Bonchev–Trinajstić information content (AvgIpc) is 2.71. The SMILES string of the molecule is C#Cc1cccc(NCc2c(Br)c(CC)nn2C)c1. The first kappa shape index (κ1) is 13.7. The Morgan fingerprint density at radius 3 is 2.89 bits per heavy atom. The maximum absolute atomic E-state index is 5.40. The Labute approximate surface area is 122 Å². The molecule has 0 aliphatic rings. The summed E-state index contributed by atoms with van der Waals surface area (Å²) in [4.78, 5) is 0. The van der Waals surface area contributed by atoms with E-state index in [2.05, 4.69) is 39.2 Å². The van der Waals surface area contributed by atoms with Crippen molar-refractivity contribution in [2.45, 2.75) is 19.9 Å². The molecule has 1 N–H and O–H groups in total. The van der Waals surface area contributed by atoms with Gasteiger partial charge in [0.05, 0.1) is 22.4 Å². The van der Waals surface area contributed by atoms with E-state index in [0.717, 1.165) is 33.5 Å². The number of aromatic nitrogens is 2. The summed E-state index contributed by atoms with van der Waals surface area (Å²) >= 11 is 3.61. The molecule has 0 amide bonds. The van der Waals surface area contributed by atoms with E-state index in [9.17, 15) is 0 Å². The zero-order valence-corrected chi connectivity index (χ0v) is 12.7. The first-order valence-electron chi connectivity index (χ1n) is 6.16. The highest BCUT2D eigenvalue weighted by atomic mass is 79.9. The summed E-state index contributed by atoms with van der Waals surface area (Å²) in [5, 5.41) is 7.84. The van der Waals surface area contributed by atoms with Gasteiger partial charge >= 0.3 is 0 Å². The maximum atomic E-state index is 5.40. The van der Waals surface area contributed by atoms with Gasteiger partial charge in [-0.2, -0.15) is 5.10 Å². The smallest absolute Gasteiger partial charge is 0.0767 e. The van der Waals surface area contributed by atoms with Crippen molar-refractivity contribution in [2.75, 3.05) is 5.32 Å². The van der Waals surface area contributed by atoms with Crippen LogP contribution in [0.5, 0.6) is 0 Å². The van der Waals surface area contributed by atoms with Crippen LogP contribution in [0.25, 0.3) is 0 Å². The summed E-state index contributed by atoms with van der Waals surface area (Å²) in [6.07, 6.45) is 6.31. The Morgan fingerprint density at radius 1 is 1.47 bits per heavy atom. The minimum atomic E-state index is 0.706. The minimum Gasteiger partial charge on any atom is -0.379 e. The second-order valence-electron chi connectivity index (χ2n) is 4.26. The van der Waals surface area contributed by atoms with E-state index >= 15 is 0 Å². The molecule has 0 bridgehead atoms. The number of nitrogens with one attached hydrogen (secondary N) is 1. The number of aryl methyl sites for hydroxylation is 2. The lowest BCUT2D eigenvalue weighted by Gasteiger charge is -2.07. The number of anilines is 1. The summed E-state index contributed by atoms with van der Waals surface area (Å²) < 4.78 is 2.99. The molecule has 0 unspecified atom stereocenters. The van der Waals surface area contributed by atoms with Crippen LogP contribution in [0.4, 0.5) is 5.69 Å². The molecule has 98 valence electrons. The zero-order chi connectivity index (χ0) is 13.8. The van der Waals surface area contributed by atoms with Crippen LogP contribution in [0.2, 0.25) is 0 Å². The van der Waals surface area contributed by atoms with Crippen LogP contribution in [-0.4, -0.2) is 9.78 Å². The molecule has 0 atom stereocenters. The van der Waals surface area contributed by atoms with Crippen molar-refractivity contribution >= 4 is 21.6 Å². The Hall–Kier alpha value is -1.73. The molecule has 3 nitrogen and oxygen atoms in total. The van der Waals surface area contributed by atoms with E-state index in [0.29, 0.717) is 6.54 Å². The monoisotopic (exact) mass is 317 g/mol. The van der Waals surface area contributed by atoms with Crippen LogP contribution in [0.15, 0.2) is 28.7 Å². The number of rotatable bonds is 4. The van der Waals surface area contributed by atoms with Crippen LogP contribution >= 0.6 is 15.9 Å². The molecule has 2 rings (SSSR count). The Kier molecular flexibility index (Phi) is 4.28. The van der Waals surface area contributed by atoms with Gasteiger partial charge in [-0.05, 0) is 40.5 Å². The van der Waals surface area contributed by atoms with E-state index in [1.807, 2.05) is 36.0 Å². The first-order chi connectivity index (χ1) is 9.15. The van der Waals surface area contributed by atoms with E-state index in [-0.39, 0.29) is 0 Å². The van der Waals surface area contributed by atoms with Gasteiger partial charge in [0.15, 0.2) is 0 Å². The molecule has 2 aromatic rings. The molecule has 0 spiro atoms. The van der Waals surface area contributed by atoms with E-state index < -0.39 is 0 Å². The van der Waals surface area contributed by atoms with E-state index in [4.69, 9.17) is 6.42 Å². The van der Waals surface area contributed by atoms with Gasteiger partial charge in [0.25, 0.3) is 0 Å². The lowest BCUT2D eigenvalue weighted by atomic mass is 10.2. The highest BCUT2D eigenvalue weighted by Gasteiger charge is 2.11. The molecule has 0 fully saturated rings. The fourth-order valence-electron chi connectivity index (χ4n) is 1.92. The van der Waals surface area contributed by atoms with Crippen molar-refractivity contribution in [2.24, 2.45) is 7.05 Å². The predicted octanol–water partition coefficient (Wildman–Crippen LogP) is 3.34. The molecular formula is C15H16BrN3. The standard InChI is InChI=1S/C15H16BrN3/c1-4-11-7-6-8-12(9-11)17-10-14-15(16)13(5-2)18-19(14)3/h1,6-9,17H,5,10H2,2-3H3. The first-order valence-corrected chi connectivity index (χ1v) is 6.95. The highest BCUT2D eigenvalue weighted by Crippen LogP contribution is 2.22. The van der Waals surface area contributed by atoms with Crippen molar-refractivity contribution in [3.8, 4) is 12.3 Å². The third-order valence-corrected chi connectivity index (χ3v) is 3.91. The number of nitrogens with zero attached hydrogens (tertiary/aromatic N) is 2. The third-order valence-electron chi connectivity index (χ3n) is 2.99. The molecule has 1 aromatic carbocycles. The Morgan fingerprint density at radius 2 is 2.26 bits per heavy atom. The van der Waals surface area contributed by atoms with Crippen molar-refractivity contribution in [3.05, 3.63) is 45.7 Å². The van der Waals surface area contributed by atoms with Crippen molar-refractivity contribution in [1.82, 2.24) is 9.78 Å². The molecule has 1 aromatic heterocycles. The van der Waals surface area contributed by atoms with Crippen LogP contribution in [0.3, 0.4) is 0 Å². The van der Waals surface area contributed by atoms with Crippen molar-refractivity contribution < 1.29 is 0 Å². The molecular weight excluding hydrogens is 302 g/mol. The van der Waals surface area contributed by atoms with Crippen LogP contribution in [0.1, 0.15) is 23.9 Å². The number of hydrogen-bond acceptors (Lipinski definition) is 2. The van der Waals surface area contributed by atoms with Gasteiger partial charge < -0.3 is 5.32 Å². The second kappa shape index (κ2) is 5.94. The van der Waals surface area contributed by atoms with Crippen LogP contribution < -0.4 is 5.32 Å². The van der Waals surface area contributed by atoms with Crippen molar-refractivity contribution in [1.29, 1.82) is 0 Å². The Balaban J connectivity index is 2.14. The number of hydrogen-bond donors (Lipinski definition) is 1. The Bertz CT molecular complexity index is 623. The van der Waals surface area contributed by atoms with Gasteiger partial charge in [-0.1, -0.05) is 18.9 Å². The van der Waals surface area contributed by atoms with Gasteiger partial charge in [0, 0.05) is 18.3 Å². The lowest BCUT2D eigenvalue weighted by Crippen LogP contribution is -2.06. The second-order valence-corrected chi connectivity index (χ2v) is 5.06. The van der Waals surface area contributed by atoms with Gasteiger partial charge in [-0.25, -0.2) is 0 Å². The summed E-state index contributed by atoms with van der Waals surface area (Å²) in [5.74, 6) is 2.63. The van der Waals surface area contributed by atoms with Gasteiger partial charge in [-0.3, -0.25) is 4.68 Å². The molecule has 0 radical (unpaired) electrons. The molecule has 0 aliphatic heterocycles. The quantitative estimate of drug-likeness (QED) is 0.876. The third kappa shape index (κ3) is 2.99. The van der Waals surface area contributed by atoms with Crippen molar-refractivity contribution in [3.63, 3.8) is 0 Å². The van der Waals surface area contributed by atoms with E-state index in [1.165, 1.54) is 0 Å². The predicted molar refractivity (Wildman–Crippen MR) is 82.0 cm³/mol. The molecule has 19 heavy (non-hydrogen) atoms. The zero-order valence-electron chi connectivity index (χ0n) is 11.1. The number of terminal acetylenes is 1. The van der Waals surface area contributed by atoms with E-state index in [1.54, 1.807) is 0 Å². The topological polar surface area (TPSA) is 29.9 Å². The summed E-state index contributed by atoms with van der Waals surface area (Å²) in [5.41, 5.74) is 4.10. The minimum absolute atomic E-state index is 0.706. The summed E-state index contributed by atoms with van der Waals surface area (Å²) in [6.45, 7) is 2.80. The van der Waals surface area contributed by atoms with Crippen LogP contribution in [0, 0.1) is 12.3 Å². The largest absolute Gasteiger partial charge is 0.379 e. The van der Waals surface area contributed by atoms with Crippen LogP contribution in [-0.2, 0) is 20.0 Å². The van der Waals surface area contributed by atoms with Gasteiger partial charge in [0.1, 0.15) is 0 Å². The molecule has 0 saturated carbocycles. The lowest BCUT2D eigenvalue weighted by molar-refractivity contribution is 0.706. The normalized spacial score (nSPS) is 10.2. The summed E-state index contributed by atoms with van der Waals surface area (Å²) in [7, 11) is 1.96. The molecule has 0 saturated heterocycles. The fraction of sp³-hybridized carbons (Fsp3) is 0.267. The average molecular weight is 318 g/mol. The maximum Gasteiger partial charge on any atom is 0.0767 e. The molecule has 1 heterocycles. The number of halogens is 1. The van der Waals surface area contributed by atoms with Gasteiger partial charge in [0.2, 0.25) is 0 Å². The van der Waals surface area contributed by atoms with Gasteiger partial charge in [-0.15, -0.1) is 6.42 Å². The molecule has 4 heteroatoms.